The van der Waals surface area contributed by atoms with Gasteiger partial charge in [0.1, 0.15) is 0 Å². The number of fused-ring (bicyclic) bond motifs is 2. The van der Waals surface area contributed by atoms with Crippen LogP contribution in [0.15, 0.2) is 52.3 Å². The molecular weight excluding hydrogens is 356 g/mol. The molecule has 0 amide bonds. The number of sulfone groups is 1. The summed E-state index contributed by atoms with van der Waals surface area (Å²) >= 11 is 0. The summed E-state index contributed by atoms with van der Waals surface area (Å²) in [4.78, 5) is 36.2. The first-order chi connectivity index (χ1) is 12.4. The molecule has 1 saturated carbocycles. The number of hydrogen-bond acceptors (Lipinski definition) is 6. The quantitative estimate of drug-likeness (QED) is 0.643. The van der Waals surface area contributed by atoms with E-state index in [9.17, 15) is 22.8 Å². The van der Waals surface area contributed by atoms with Gasteiger partial charge in [0.25, 0.3) is 0 Å². The molecule has 0 radical (unpaired) electrons. The highest BCUT2D eigenvalue weighted by Gasteiger charge is 2.35. The summed E-state index contributed by atoms with van der Waals surface area (Å²) in [6.07, 6.45) is 0.736. The van der Waals surface area contributed by atoms with Crippen molar-refractivity contribution >= 4 is 27.4 Å². The summed E-state index contributed by atoms with van der Waals surface area (Å²) in [7, 11) is -3.92. The molecule has 0 bridgehead atoms. The lowest BCUT2D eigenvalue weighted by Crippen LogP contribution is -2.23. The minimum atomic E-state index is -3.92. The number of rotatable bonds is 2. The van der Waals surface area contributed by atoms with Crippen LogP contribution in [0.5, 0.6) is 0 Å². The smallest absolute Gasteiger partial charge is 0.338 e. The fourth-order valence-corrected chi connectivity index (χ4v) is 4.99. The van der Waals surface area contributed by atoms with Gasteiger partial charge in [-0.3, -0.25) is 9.59 Å². The van der Waals surface area contributed by atoms with Crippen molar-refractivity contribution in [2.45, 2.75) is 35.2 Å². The van der Waals surface area contributed by atoms with Crippen molar-refractivity contribution in [2.75, 3.05) is 0 Å². The van der Waals surface area contributed by atoms with Crippen molar-refractivity contribution in [3.05, 3.63) is 59.2 Å². The Labute approximate surface area is 149 Å². The number of ketones is 2. The molecule has 4 rings (SSSR count). The first kappa shape index (κ1) is 16.7. The number of esters is 1. The summed E-state index contributed by atoms with van der Waals surface area (Å²) in [5, 5.41) is 0. The zero-order chi connectivity index (χ0) is 18.5. The second-order valence-electron chi connectivity index (χ2n) is 6.29. The van der Waals surface area contributed by atoms with Gasteiger partial charge in [-0.1, -0.05) is 12.1 Å². The molecule has 132 valence electrons. The number of ether oxygens (including phenoxy) is 1. The molecular formula is C19H14O6S. The molecule has 1 fully saturated rings. The first-order valence-electron chi connectivity index (χ1n) is 8.16. The van der Waals surface area contributed by atoms with Gasteiger partial charge in [0.15, 0.2) is 17.7 Å². The van der Waals surface area contributed by atoms with Crippen LogP contribution in [-0.4, -0.2) is 32.1 Å². The van der Waals surface area contributed by atoms with Crippen molar-refractivity contribution in [3.63, 3.8) is 0 Å². The maximum Gasteiger partial charge on any atom is 0.338 e. The SMILES string of the molecule is O=C(O[C@@H]1CCCC1=O)c1ccc2c(c1)S(=O)(=O)c1ccccc1C2=O. The van der Waals surface area contributed by atoms with Gasteiger partial charge in [0.2, 0.25) is 9.84 Å². The highest BCUT2D eigenvalue weighted by molar-refractivity contribution is 7.91. The fraction of sp³-hybridized carbons (Fsp3) is 0.211. The van der Waals surface area contributed by atoms with Crippen LogP contribution in [0.1, 0.15) is 45.5 Å². The lowest BCUT2D eigenvalue weighted by atomic mass is 10.0. The highest BCUT2D eigenvalue weighted by atomic mass is 32.2. The van der Waals surface area contributed by atoms with Gasteiger partial charge < -0.3 is 4.74 Å². The Balaban J connectivity index is 1.75. The summed E-state index contributed by atoms with van der Waals surface area (Å²) in [6.45, 7) is 0. The van der Waals surface area contributed by atoms with E-state index < -0.39 is 27.7 Å². The normalized spacial score (nSPS) is 20.4. The number of carbonyl (C=O) groups excluding carboxylic acids is 3. The third-order valence-electron chi connectivity index (χ3n) is 4.67. The van der Waals surface area contributed by atoms with Crippen molar-refractivity contribution in [2.24, 2.45) is 0 Å². The summed E-state index contributed by atoms with van der Waals surface area (Å²) < 4.78 is 30.9. The fourth-order valence-electron chi connectivity index (χ4n) is 3.32. The van der Waals surface area contributed by atoms with E-state index in [2.05, 4.69) is 0 Å². The molecule has 1 aliphatic carbocycles. The molecule has 2 aliphatic rings. The molecule has 1 heterocycles. The van der Waals surface area contributed by atoms with Crippen LogP contribution in [0.25, 0.3) is 0 Å². The van der Waals surface area contributed by atoms with Gasteiger partial charge in [-0.25, -0.2) is 13.2 Å². The van der Waals surface area contributed by atoms with Crippen molar-refractivity contribution in [1.82, 2.24) is 0 Å². The molecule has 7 heteroatoms. The second kappa shape index (κ2) is 5.88. The molecule has 2 aromatic carbocycles. The van der Waals surface area contributed by atoms with Crippen LogP contribution in [0, 0.1) is 0 Å². The maximum atomic E-state index is 12.9. The number of benzene rings is 2. The molecule has 0 spiro atoms. The van der Waals surface area contributed by atoms with Gasteiger partial charge in [0, 0.05) is 17.5 Å². The molecule has 6 nitrogen and oxygen atoms in total. The van der Waals surface area contributed by atoms with E-state index in [1.54, 1.807) is 12.1 Å². The van der Waals surface area contributed by atoms with Gasteiger partial charge in [-0.15, -0.1) is 0 Å². The Morgan fingerprint density at radius 3 is 2.46 bits per heavy atom. The Morgan fingerprint density at radius 1 is 1.00 bits per heavy atom. The van der Waals surface area contributed by atoms with Gasteiger partial charge >= 0.3 is 5.97 Å². The Morgan fingerprint density at radius 2 is 1.73 bits per heavy atom. The molecule has 0 N–H and O–H groups in total. The molecule has 0 saturated heterocycles. The average molecular weight is 370 g/mol. The molecule has 26 heavy (non-hydrogen) atoms. The van der Waals surface area contributed by atoms with Crippen LogP contribution in [-0.2, 0) is 19.4 Å². The molecule has 0 unspecified atom stereocenters. The van der Waals surface area contributed by atoms with Crippen LogP contribution < -0.4 is 0 Å². The predicted molar refractivity (Wildman–Crippen MR) is 89.8 cm³/mol. The van der Waals surface area contributed by atoms with E-state index in [1.807, 2.05) is 0 Å². The van der Waals surface area contributed by atoms with E-state index in [0.29, 0.717) is 19.3 Å². The Kier molecular flexibility index (Phi) is 3.77. The minimum Gasteiger partial charge on any atom is -0.451 e. The largest absolute Gasteiger partial charge is 0.451 e. The summed E-state index contributed by atoms with van der Waals surface area (Å²) in [5.41, 5.74) is 0.142. The van der Waals surface area contributed by atoms with Crippen LogP contribution in [0.4, 0.5) is 0 Å². The maximum absolute atomic E-state index is 12.9. The average Bonchev–Trinajstić information content (AvgIpc) is 3.04. The zero-order valence-electron chi connectivity index (χ0n) is 13.6. The zero-order valence-corrected chi connectivity index (χ0v) is 14.4. The minimum absolute atomic E-state index is 0.000735. The second-order valence-corrected chi connectivity index (χ2v) is 8.18. The first-order valence-corrected chi connectivity index (χ1v) is 9.64. The standard InChI is InChI=1S/C19H14O6S/c20-14-5-3-6-15(14)25-19(22)11-8-9-13-17(10-11)26(23,24)16-7-2-1-4-12(16)18(13)21/h1-2,4,7-10,15H,3,5-6H2/t15-/m1/s1. The van der Waals surface area contributed by atoms with E-state index in [1.165, 1.54) is 24.3 Å². The number of hydrogen-bond donors (Lipinski definition) is 0. The lowest BCUT2D eigenvalue weighted by molar-refractivity contribution is -0.124. The molecule has 2 aromatic rings. The third kappa shape index (κ3) is 2.47. The lowest BCUT2D eigenvalue weighted by Gasteiger charge is -2.19. The van der Waals surface area contributed by atoms with Crippen LogP contribution in [0.2, 0.25) is 0 Å². The van der Waals surface area contributed by atoms with Crippen molar-refractivity contribution in [3.8, 4) is 0 Å². The van der Waals surface area contributed by atoms with Crippen molar-refractivity contribution in [1.29, 1.82) is 0 Å². The topological polar surface area (TPSA) is 94.6 Å². The monoisotopic (exact) mass is 370 g/mol. The van der Waals surface area contributed by atoms with Crippen LogP contribution in [0.3, 0.4) is 0 Å². The van der Waals surface area contributed by atoms with Gasteiger partial charge in [-0.2, -0.15) is 0 Å². The summed E-state index contributed by atoms with van der Waals surface area (Å²) in [6, 6.07) is 9.79. The Bertz CT molecular complexity index is 1070. The molecule has 1 aliphatic heterocycles. The summed E-state index contributed by atoms with van der Waals surface area (Å²) in [5.74, 6) is -1.31. The van der Waals surface area contributed by atoms with E-state index in [0.717, 1.165) is 6.07 Å². The van der Waals surface area contributed by atoms with Gasteiger partial charge in [-0.05, 0) is 43.2 Å². The van der Waals surface area contributed by atoms with E-state index in [-0.39, 0.29) is 32.3 Å². The Hall–Kier alpha value is -2.80. The van der Waals surface area contributed by atoms with Gasteiger partial charge in [0.05, 0.1) is 15.4 Å². The molecule has 1 atom stereocenters. The number of carbonyl (C=O) groups is 3. The highest BCUT2D eigenvalue weighted by Crippen LogP contribution is 2.35. The third-order valence-corrected chi connectivity index (χ3v) is 6.52. The van der Waals surface area contributed by atoms with Crippen molar-refractivity contribution < 1.29 is 27.5 Å². The van der Waals surface area contributed by atoms with Crippen LogP contribution >= 0.6 is 0 Å². The predicted octanol–water partition coefficient (Wildman–Crippen LogP) is 2.34. The van der Waals surface area contributed by atoms with E-state index >= 15 is 0 Å². The number of Topliss-reactive ketones (excluding diaryl/α,β-unsaturated/α-hetero) is 1. The molecule has 0 aromatic heterocycles. The van der Waals surface area contributed by atoms with E-state index in [4.69, 9.17) is 4.74 Å².